The Morgan fingerprint density at radius 3 is 2.56 bits per heavy atom. The number of ether oxygens (including phenoxy) is 1. The molecule has 0 atom stereocenters. The van der Waals surface area contributed by atoms with Crippen LogP contribution in [0.2, 0.25) is 0 Å². The highest BCUT2D eigenvalue weighted by Gasteiger charge is 2.12. The third-order valence-corrected chi connectivity index (χ3v) is 4.21. The summed E-state index contributed by atoms with van der Waals surface area (Å²) in [4.78, 5) is 0. The number of rotatable bonds is 5. The predicted molar refractivity (Wildman–Crippen MR) is 98.7 cm³/mol. The second-order valence-corrected chi connectivity index (χ2v) is 6.37. The van der Waals surface area contributed by atoms with Crippen LogP contribution in [0.25, 0.3) is 33.6 Å². The first-order chi connectivity index (χ1) is 12.2. The smallest absolute Gasteiger partial charge is 0.247 e. The second-order valence-electron chi connectivity index (χ2n) is 5.56. The number of furan rings is 1. The molecule has 0 saturated heterocycles. The Bertz CT molecular complexity index is 1010. The van der Waals surface area contributed by atoms with Crippen LogP contribution < -0.4 is 4.74 Å². The van der Waals surface area contributed by atoms with Gasteiger partial charge in [-0.25, -0.2) is 0 Å². The maximum Gasteiger partial charge on any atom is 0.247 e. The lowest BCUT2D eigenvalue weighted by Gasteiger charge is -2.05. The highest BCUT2D eigenvalue weighted by atomic mass is 32.2. The maximum atomic E-state index is 5.69. The lowest BCUT2D eigenvalue weighted by atomic mass is 10.0. The predicted octanol–water partition coefficient (Wildman–Crippen LogP) is 5.16. The van der Waals surface area contributed by atoms with Gasteiger partial charge in [0.25, 0.3) is 0 Å². The van der Waals surface area contributed by atoms with Crippen molar-refractivity contribution >= 4 is 22.7 Å². The first kappa shape index (κ1) is 15.8. The van der Waals surface area contributed by atoms with Gasteiger partial charge in [0.05, 0.1) is 6.26 Å². The maximum absolute atomic E-state index is 5.69. The Labute approximate surface area is 149 Å². The fourth-order valence-electron chi connectivity index (χ4n) is 2.66. The zero-order valence-electron chi connectivity index (χ0n) is 13.9. The molecule has 5 nitrogen and oxygen atoms in total. The minimum atomic E-state index is 0.507. The molecule has 0 fully saturated rings. The van der Waals surface area contributed by atoms with Gasteiger partial charge in [-0.3, -0.25) is 0 Å². The third kappa shape index (κ3) is 3.13. The second kappa shape index (κ2) is 6.64. The van der Waals surface area contributed by atoms with E-state index in [0.29, 0.717) is 17.7 Å². The molecule has 0 N–H and O–H groups in total. The zero-order chi connectivity index (χ0) is 17.2. The normalized spacial score (nSPS) is 11.1. The molecule has 4 rings (SSSR count). The fourth-order valence-corrected chi connectivity index (χ4v) is 2.91. The van der Waals surface area contributed by atoms with Gasteiger partial charge in [-0.05, 0) is 42.2 Å². The van der Waals surface area contributed by atoms with Crippen molar-refractivity contribution in [2.24, 2.45) is 0 Å². The van der Waals surface area contributed by atoms with E-state index in [1.807, 2.05) is 48.7 Å². The molecule has 25 heavy (non-hydrogen) atoms. The van der Waals surface area contributed by atoms with Gasteiger partial charge in [0.1, 0.15) is 17.3 Å². The van der Waals surface area contributed by atoms with Gasteiger partial charge in [0.2, 0.25) is 11.8 Å². The molecule has 4 aromatic rings. The van der Waals surface area contributed by atoms with Crippen LogP contribution in [-0.2, 0) is 0 Å². The van der Waals surface area contributed by atoms with Gasteiger partial charge < -0.3 is 13.6 Å². The summed E-state index contributed by atoms with van der Waals surface area (Å²) in [5, 5.41) is 8.98. The quantitative estimate of drug-likeness (QED) is 0.463. The van der Waals surface area contributed by atoms with E-state index in [1.54, 1.807) is 24.9 Å². The topological polar surface area (TPSA) is 61.3 Å². The van der Waals surface area contributed by atoms with Gasteiger partial charge in [-0.15, -0.1) is 22.0 Å². The van der Waals surface area contributed by atoms with E-state index in [-0.39, 0.29) is 0 Å². The Balaban J connectivity index is 1.72. The number of hydrogen-bond acceptors (Lipinski definition) is 6. The molecule has 0 aliphatic rings. The number of thioether (sulfide) groups is 1. The molecule has 2 aromatic carbocycles. The molecule has 2 aromatic heterocycles. The zero-order valence-corrected chi connectivity index (χ0v) is 14.7. The summed E-state index contributed by atoms with van der Waals surface area (Å²) in [6, 6.07) is 13.9. The Morgan fingerprint density at radius 2 is 1.84 bits per heavy atom. The van der Waals surface area contributed by atoms with Crippen LogP contribution in [0.1, 0.15) is 5.89 Å². The van der Waals surface area contributed by atoms with Crippen molar-refractivity contribution in [1.82, 2.24) is 10.2 Å². The average Bonchev–Trinajstić information content (AvgIpc) is 3.26. The number of aromatic nitrogens is 2. The Kier molecular flexibility index (Phi) is 4.19. The highest BCUT2D eigenvalue weighted by molar-refractivity contribution is 7.98. The van der Waals surface area contributed by atoms with Crippen LogP contribution in [0.5, 0.6) is 5.75 Å². The van der Waals surface area contributed by atoms with Crippen molar-refractivity contribution in [1.29, 1.82) is 0 Å². The molecule has 0 amide bonds. The summed E-state index contributed by atoms with van der Waals surface area (Å²) in [6.45, 7) is 1.78. The Morgan fingerprint density at radius 1 is 1.04 bits per heavy atom. The molecule has 0 aliphatic heterocycles. The average molecular weight is 352 g/mol. The summed E-state index contributed by atoms with van der Waals surface area (Å²) < 4.78 is 16.8. The van der Waals surface area contributed by atoms with Crippen molar-refractivity contribution in [3.8, 4) is 28.3 Å². The van der Waals surface area contributed by atoms with Crippen LogP contribution in [0.3, 0.4) is 0 Å². The molecule has 0 radical (unpaired) electrons. The number of fused-ring (bicyclic) bond motifs is 1. The minimum Gasteiger partial charge on any atom is -0.483 e. The Hall–Kier alpha value is -2.73. The summed E-state index contributed by atoms with van der Waals surface area (Å²) in [7, 11) is 0. The molecule has 0 spiro atoms. The summed E-state index contributed by atoms with van der Waals surface area (Å²) in [5.41, 5.74) is 3.77. The minimum absolute atomic E-state index is 0.507. The summed E-state index contributed by atoms with van der Waals surface area (Å²) in [5.74, 6) is 2.55. The molecule has 0 unspecified atom stereocenters. The number of aryl methyl sites for hydroxylation is 1. The van der Waals surface area contributed by atoms with E-state index in [4.69, 9.17) is 13.6 Å². The van der Waals surface area contributed by atoms with E-state index in [1.165, 1.54) is 0 Å². The van der Waals surface area contributed by atoms with E-state index >= 15 is 0 Å². The molecule has 0 bridgehead atoms. The van der Waals surface area contributed by atoms with Crippen LogP contribution >= 0.6 is 11.8 Å². The lowest BCUT2D eigenvalue weighted by Crippen LogP contribution is -1.90. The van der Waals surface area contributed by atoms with E-state index < -0.39 is 0 Å². The van der Waals surface area contributed by atoms with E-state index in [0.717, 1.165) is 33.4 Å². The lowest BCUT2D eigenvalue weighted by molar-refractivity contribution is 0.393. The van der Waals surface area contributed by atoms with Crippen LogP contribution in [-0.4, -0.2) is 22.4 Å². The first-order valence-corrected chi connectivity index (χ1v) is 9.18. The van der Waals surface area contributed by atoms with Gasteiger partial charge >= 0.3 is 0 Å². The largest absolute Gasteiger partial charge is 0.483 e. The van der Waals surface area contributed by atoms with E-state index in [9.17, 15) is 0 Å². The standard InChI is InChI=1S/C19H16N2O3S/c1-12-20-21-19(24-12)14-5-8-18-16(9-14)17(10-22-18)13-3-6-15(7-4-13)23-11-25-2/h3-10H,11H2,1-2H3. The van der Waals surface area contributed by atoms with Crippen molar-refractivity contribution in [2.45, 2.75) is 6.92 Å². The number of hydrogen-bond donors (Lipinski definition) is 0. The molecule has 6 heteroatoms. The van der Waals surface area contributed by atoms with Crippen molar-refractivity contribution < 1.29 is 13.6 Å². The molecule has 126 valence electrons. The summed E-state index contributed by atoms with van der Waals surface area (Å²) in [6.07, 6.45) is 3.78. The highest BCUT2D eigenvalue weighted by Crippen LogP contribution is 2.34. The van der Waals surface area contributed by atoms with Crippen LogP contribution in [0, 0.1) is 6.92 Å². The molecule has 2 heterocycles. The van der Waals surface area contributed by atoms with Crippen molar-refractivity contribution in [3.05, 3.63) is 54.6 Å². The van der Waals surface area contributed by atoms with Crippen LogP contribution in [0.4, 0.5) is 0 Å². The van der Waals surface area contributed by atoms with Crippen LogP contribution in [0.15, 0.2) is 57.6 Å². The molecule has 0 saturated carbocycles. The number of nitrogens with zero attached hydrogens (tertiary/aromatic N) is 2. The molecular formula is C19H16N2O3S. The monoisotopic (exact) mass is 352 g/mol. The van der Waals surface area contributed by atoms with Crippen molar-refractivity contribution in [2.75, 3.05) is 12.2 Å². The SMILES string of the molecule is CSCOc1ccc(-c2coc3ccc(-c4nnc(C)o4)cc23)cc1. The number of benzene rings is 2. The van der Waals surface area contributed by atoms with Crippen molar-refractivity contribution in [3.63, 3.8) is 0 Å². The third-order valence-electron chi connectivity index (χ3n) is 3.86. The van der Waals surface area contributed by atoms with Gasteiger partial charge in [0.15, 0.2) is 0 Å². The molecular weight excluding hydrogens is 336 g/mol. The summed E-state index contributed by atoms with van der Waals surface area (Å²) >= 11 is 1.64. The van der Waals surface area contributed by atoms with Gasteiger partial charge in [-0.2, -0.15) is 0 Å². The molecule has 0 aliphatic carbocycles. The fraction of sp³-hybridized carbons (Fsp3) is 0.158. The van der Waals surface area contributed by atoms with Gasteiger partial charge in [0, 0.05) is 23.4 Å². The van der Waals surface area contributed by atoms with Gasteiger partial charge in [-0.1, -0.05) is 12.1 Å². The van der Waals surface area contributed by atoms with E-state index in [2.05, 4.69) is 10.2 Å². The first-order valence-electron chi connectivity index (χ1n) is 7.78.